The van der Waals surface area contributed by atoms with Gasteiger partial charge >= 0.3 is 0 Å². The minimum absolute atomic E-state index is 0.223. The van der Waals surface area contributed by atoms with Crippen LogP contribution in [0, 0.1) is 5.41 Å². The molecule has 2 aromatic heterocycles. The van der Waals surface area contributed by atoms with Gasteiger partial charge in [-0.2, -0.15) is 0 Å². The van der Waals surface area contributed by atoms with Crippen molar-refractivity contribution in [3.8, 4) is 11.1 Å². The zero-order valence-corrected chi connectivity index (χ0v) is 22.3. The number of anilines is 1. The second kappa shape index (κ2) is 9.45. The van der Waals surface area contributed by atoms with Gasteiger partial charge < -0.3 is 4.90 Å². The zero-order valence-electron chi connectivity index (χ0n) is 19.9. The zero-order chi connectivity index (χ0) is 23.9. The van der Waals surface area contributed by atoms with E-state index in [-0.39, 0.29) is 4.75 Å². The molecule has 0 unspecified atom stereocenters. The molecule has 5 nitrogen and oxygen atoms in total. The average Bonchev–Trinajstić information content (AvgIpc) is 3.21. The van der Waals surface area contributed by atoms with E-state index in [0.717, 1.165) is 40.9 Å². The van der Waals surface area contributed by atoms with Gasteiger partial charge in [-0.25, -0.2) is 15.0 Å². The van der Waals surface area contributed by atoms with Crippen molar-refractivity contribution in [2.75, 3.05) is 18.0 Å². The van der Waals surface area contributed by atoms with Crippen molar-refractivity contribution < 1.29 is 0 Å². The van der Waals surface area contributed by atoms with Crippen LogP contribution in [-0.2, 0) is 0 Å². The van der Waals surface area contributed by atoms with E-state index in [2.05, 4.69) is 40.4 Å². The fourth-order valence-corrected chi connectivity index (χ4v) is 6.72. The number of rotatable bonds is 4. The molecule has 8 heteroatoms. The van der Waals surface area contributed by atoms with E-state index in [4.69, 9.17) is 28.2 Å². The third kappa shape index (κ3) is 4.62. The summed E-state index contributed by atoms with van der Waals surface area (Å²) in [6, 6.07) is 6.23. The van der Waals surface area contributed by atoms with Crippen LogP contribution in [0.5, 0.6) is 0 Å². The number of piperidine rings is 1. The van der Waals surface area contributed by atoms with Crippen LogP contribution in [0.3, 0.4) is 0 Å². The number of fused-ring (bicyclic) bond motifs is 1. The molecule has 0 radical (unpaired) electrons. The van der Waals surface area contributed by atoms with E-state index in [1.165, 1.54) is 32.1 Å². The van der Waals surface area contributed by atoms with Gasteiger partial charge in [0.1, 0.15) is 12.1 Å². The predicted octanol–water partition coefficient (Wildman–Crippen LogP) is 7.17. The van der Waals surface area contributed by atoms with Crippen molar-refractivity contribution in [3.63, 3.8) is 0 Å². The van der Waals surface area contributed by atoms with Crippen LogP contribution < -0.4 is 9.62 Å². The summed E-state index contributed by atoms with van der Waals surface area (Å²) in [5.74, 6) is 0.957. The normalized spacial score (nSPS) is 20.4. The predicted molar refractivity (Wildman–Crippen MR) is 145 cm³/mol. The molecule has 0 bridgehead atoms. The smallest absolute Gasteiger partial charge is 0.139 e. The Morgan fingerprint density at radius 3 is 2.62 bits per heavy atom. The standard InChI is InChI=1S/C26H31Cl2N5S/c1-25(2,3)34-32-21-8-5-9-26(21)10-12-33(13-11-26)24-19-14-29-16-31-23(19)18(15-30-24)17-6-4-7-20(27)22(17)28/h4,6-7,14-16,21,32H,5,8-13H2,1-3H3/t21-/m1/s1. The Hall–Kier alpha value is -1.60. The van der Waals surface area contributed by atoms with Crippen molar-refractivity contribution in [2.24, 2.45) is 5.41 Å². The molecule has 1 saturated carbocycles. The Labute approximate surface area is 216 Å². The summed E-state index contributed by atoms with van der Waals surface area (Å²) < 4.78 is 4.06. The van der Waals surface area contributed by atoms with E-state index in [1.807, 2.05) is 36.5 Å². The van der Waals surface area contributed by atoms with Gasteiger partial charge in [0.15, 0.2) is 0 Å². The van der Waals surface area contributed by atoms with Crippen molar-refractivity contribution in [1.82, 2.24) is 19.7 Å². The van der Waals surface area contributed by atoms with E-state index >= 15 is 0 Å². The summed E-state index contributed by atoms with van der Waals surface area (Å²) in [6.07, 6.45) is 11.6. The number of aromatic nitrogens is 3. The topological polar surface area (TPSA) is 53.9 Å². The Morgan fingerprint density at radius 1 is 1.06 bits per heavy atom. The van der Waals surface area contributed by atoms with E-state index in [0.29, 0.717) is 21.5 Å². The maximum Gasteiger partial charge on any atom is 0.139 e. The van der Waals surface area contributed by atoms with E-state index in [9.17, 15) is 0 Å². The molecule has 1 atom stereocenters. The van der Waals surface area contributed by atoms with Gasteiger partial charge in [0.25, 0.3) is 0 Å². The number of benzene rings is 1. The maximum absolute atomic E-state index is 6.53. The maximum atomic E-state index is 6.53. The minimum atomic E-state index is 0.223. The molecule has 1 N–H and O–H groups in total. The summed E-state index contributed by atoms with van der Waals surface area (Å²) in [5, 5.41) is 2.00. The third-order valence-corrected chi connectivity index (χ3v) is 9.07. The van der Waals surface area contributed by atoms with Crippen molar-refractivity contribution in [3.05, 3.63) is 47.0 Å². The summed E-state index contributed by atoms with van der Waals surface area (Å²) in [6.45, 7) is 8.80. The van der Waals surface area contributed by atoms with Gasteiger partial charge in [-0.05, 0) is 57.9 Å². The van der Waals surface area contributed by atoms with Crippen molar-refractivity contribution in [1.29, 1.82) is 0 Å². The molecule has 2 aliphatic rings. The minimum Gasteiger partial charge on any atom is -0.356 e. The van der Waals surface area contributed by atoms with Crippen LogP contribution in [0.2, 0.25) is 10.0 Å². The SMILES string of the molecule is CC(C)(C)SN[C@@H]1CCCC12CCN(c1ncc(-c3cccc(Cl)c3Cl)c3ncncc13)CC2. The molecule has 34 heavy (non-hydrogen) atoms. The number of pyridine rings is 1. The Balaban J connectivity index is 1.41. The molecule has 180 valence electrons. The molecule has 0 amide bonds. The molecular weight excluding hydrogens is 485 g/mol. The van der Waals surface area contributed by atoms with Crippen molar-refractivity contribution in [2.45, 2.75) is 63.7 Å². The molecule has 3 heterocycles. The number of hydrogen-bond acceptors (Lipinski definition) is 6. The highest BCUT2D eigenvalue weighted by Crippen LogP contribution is 2.48. The number of nitrogens with one attached hydrogen (secondary N) is 1. The second-order valence-electron chi connectivity index (χ2n) is 10.5. The Morgan fingerprint density at radius 2 is 1.85 bits per heavy atom. The van der Waals surface area contributed by atoms with Gasteiger partial charge in [-0.1, -0.05) is 53.7 Å². The Kier molecular flexibility index (Phi) is 6.70. The van der Waals surface area contributed by atoms with Gasteiger partial charge in [-0.15, -0.1) is 0 Å². The third-order valence-electron chi connectivity index (χ3n) is 7.24. The summed E-state index contributed by atoms with van der Waals surface area (Å²) >= 11 is 14.7. The average molecular weight is 517 g/mol. The molecule has 3 aromatic rings. The lowest BCUT2D eigenvalue weighted by atomic mass is 9.74. The van der Waals surface area contributed by atoms with Crippen LogP contribution >= 0.6 is 35.1 Å². The first-order chi connectivity index (χ1) is 16.3. The van der Waals surface area contributed by atoms with Crippen LogP contribution in [0.1, 0.15) is 52.9 Å². The largest absolute Gasteiger partial charge is 0.356 e. The van der Waals surface area contributed by atoms with E-state index < -0.39 is 0 Å². The number of nitrogens with zero attached hydrogens (tertiary/aromatic N) is 4. The molecule has 1 saturated heterocycles. The highest BCUT2D eigenvalue weighted by atomic mass is 35.5. The highest BCUT2D eigenvalue weighted by molar-refractivity contribution is 7.98. The highest BCUT2D eigenvalue weighted by Gasteiger charge is 2.45. The lowest BCUT2D eigenvalue weighted by molar-refractivity contribution is 0.189. The van der Waals surface area contributed by atoms with Crippen molar-refractivity contribution >= 4 is 51.9 Å². The number of hydrogen-bond donors (Lipinski definition) is 1. The Bertz CT molecular complexity index is 1190. The molecule has 1 spiro atoms. The second-order valence-corrected chi connectivity index (χ2v) is 13.0. The van der Waals surface area contributed by atoms with Crippen LogP contribution in [0.15, 0.2) is 36.9 Å². The summed E-state index contributed by atoms with van der Waals surface area (Å²) in [7, 11) is 0. The fourth-order valence-electron chi connectivity index (χ4n) is 5.46. The van der Waals surface area contributed by atoms with Gasteiger partial charge in [0, 0.05) is 47.4 Å². The van der Waals surface area contributed by atoms with Gasteiger partial charge in [0.05, 0.1) is 20.9 Å². The summed E-state index contributed by atoms with van der Waals surface area (Å²) in [4.78, 5) is 16.3. The molecule has 1 aliphatic carbocycles. The molecule has 1 aromatic carbocycles. The van der Waals surface area contributed by atoms with E-state index in [1.54, 1.807) is 12.4 Å². The molecule has 2 fully saturated rings. The lowest BCUT2D eigenvalue weighted by Crippen LogP contribution is -2.48. The molecular formula is C26H31Cl2N5S. The first kappa shape index (κ1) is 24.1. The first-order valence-corrected chi connectivity index (χ1v) is 13.6. The van der Waals surface area contributed by atoms with Gasteiger partial charge in [-0.3, -0.25) is 4.72 Å². The van der Waals surface area contributed by atoms with Crippen LogP contribution in [0.4, 0.5) is 5.82 Å². The van der Waals surface area contributed by atoms with Crippen LogP contribution in [-0.4, -0.2) is 38.8 Å². The fraction of sp³-hybridized carbons (Fsp3) is 0.500. The van der Waals surface area contributed by atoms with Gasteiger partial charge in [0.2, 0.25) is 0 Å². The van der Waals surface area contributed by atoms with Crippen LogP contribution in [0.25, 0.3) is 22.0 Å². The molecule has 1 aliphatic heterocycles. The quantitative estimate of drug-likeness (QED) is 0.371. The summed E-state index contributed by atoms with van der Waals surface area (Å²) in [5.41, 5.74) is 2.95. The first-order valence-electron chi connectivity index (χ1n) is 12.0. The molecule has 5 rings (SSSR count). The monoisotopic (exact) mass is 515 g/mol. The lowest BCUT2D eigenvalue weighted by Gasteiger charge is -2.44. The number of halogens is 2.